The highest BCUT2D eigenvalue weighted by Gasteiger charge is 2.16. The maximum absolute atomic E-state index is 9.38. The van der Waals surface area contributed by atoms with Gasteiger partial charge in [-0.1, -0.05) is 31.5 Å². The smallest absolute Gasteiger partial charge is 0.154 e. The number of nitrogens with zero attached hydrogens (tertiary/aromatic N) is 3. The lowest BCUT2D eigenvalue weighted by atomic mass is 10.1. The third kappa shape index (κ3) is 4.39. The van der Waals surface area contributed by atoms with E-state index in [1.165, 1.54) is 0 Å². The molecule has 0 spiro atoms. The lowest BCUT2D eigenvalue weighted by molar-refractivity contribution is 0.276. The number of hydrogen-bond donors (Lipinski definition) is 2. The second kappa shape index (κ2) is 8.86. The van der Waals surface area contributed by atoms with Gasteiger partial charge in [-0.2, -0.15) is 0 Å². The van der Waals surface area contributed by atoms with Gasteiger partial charge >= 0.3 is 0 Å². The van der Waals surface area contributed by atoms with Crippen LogP contribution < -0.4 is 10.1 Å². The number of methoxy groups -OCH3 is 1. The van der Waals surface area contributed by atoms with Crippen LogP contribution in [0.5, 0.6) is 5.75 Å². The van der Waals surface area contributed by atoms with E-state index in [2.05, 4.69) is 32.8 Å². The molecule has 0 fully saturated rings. The summed E-state index contributed by atoms with van der Waals surface area (Å²) in [4.78, 5) is 9.25. The van der Waals surface area contributed by atoms with Crippen LogP contribution in [0.1, 0.15) is 37.6 Å². The van der Waals surface area contributed by atoms with Crippen LogP contribution in [0.3, 0.4) is 0 Å². The van der Waals surface area contributed by atoms with Crippen molar-refractivity contribution < 1.29 is 9.84 Å². The van der Waals surface area contributed by atoms with Crippen molar-refractivity contribution in [1.29, 1.82) is 0 Å². The summed E-state index contributed by atoms with van der Waals surface area (Å²) in [7, 11) is 1.69. The summed E-state index contributed by atoms with van der Waals surface area (Å²) in [5, 5.41) is 12.9. The van der Waals surface area contributed by atoms with E-state index in [0.29, 0.717) is 13.0 Å². The molecule has 27 heavy (non-hydrogen) atoms. The fraction of sp³-hybridized carbons (Fsp3) is 0.429. The SMILES string of the molecule is CCC[C@@H](CCO)Nc1nc(C)nc2ccn(Cc3ccccc3OC)c12. The Labute approximate surface area is 160 Å². The number of rotatable bonds is 9. The minimum atomic E-state index is 0.160. The highest BCUT2D eigenvalue weighted by Crippen LogP contribution is 2.26. The van der Waals surface area contributed by atoms with Crippen molar-refractivity contribution in [3.8, 4) is 5.75 Å². The lowest BCUT2D eigenvalue weighted by Crippen LogP contribution is -2.22. The number of aliphatic hydroxyl groups excluding tert-OH is 1. The summed E-state index contributed by atoms with van der Waals surface area (Å²) >= 11 is 0. The molecule has 0 saturated heterocycles. The molecule has 2 N–H and O–H groups in total. The maximum Gasteiger partial charge on any atom is 0.154 e. The first kappa shape index (κ1) is 19.2. The fourth-order valence-electron chi connectivity index (χ4n) is 3.46. The monoisotopic (exact) mass is 368 g/mol. The van der Waals surface area contributed by atoms with E-state index in [1.54, 1.807) is 7.11 Å². The van der Waals surface area contributed by atoms with E-state index in [0.717, 1.165) is 46.8 Å². The molecule has 6 heteroatoms. The standard InChI is InChI=1S/C21H28N4O2/c1-4-7-17(11-13-26)24-21-20-18(22-15(2)23-21)10-12-25(20)14-16-8-5-6-9-19(16)27-3/h5-6,8-10,12,17,26H,4,7,11,13-14H2,1-3H3,(H,22,23,24)/t17-/m0/s1. The molecule has 0 unspecified atom stereocenters. The predicted molar refractivity (Wildman–Crippen MR) is 108 cm³/mol. The Morgan fingerprint density at radius 3 is 2.74 bits per heavy atom. The van der Waals surface area contributed by atoms with Gasteiger partial charge in [-0.3, -0.25) is 0 Å². The average Bonchev–Trinajstić information content (AvgIpc) is 3.05. The van der Waals surface area contributed by atoms with Crippen molar-refractivity contribution >= 4 is 16.9 Å². The Balaban J connectivity index is 2.00. The Kier molecular flexibility index (Phi) is 6.29. The van der Waals surface area contributed by atoms with Crippen LogP contribution in [0, 0.1) is 6.92 Å². The molecule has 1 aromatic carbocycles. The number of fused-ring (bicyclic) bond motifs is 1. The van der Waals surface area contributed by atoms with E-state index in [4.69, 9.17) is 4.74 Å². The number of para-hydroxylation sites is 1. The summed E-state index contributed by atoms with van der Waals surface area (Å²) in [5.74, 6) is 2.43. The van der Waals surface area contributed by atoms with Gasteiger partial charge in [0.15, 0.2) is 5.82 Å². The first-order chi connectivity index (χ1) is 13.2. The zero-order valence-corrected chi connectivity index (χ0v) is 16.3. The summed E-state index contributed by atoms with van der Waals surface area (Å²) in [6.07, 6.45) is 4.77. The Bertz CT molecular complexity index is 885. The molecule has 2 heterocycles. The zero-order chi connectivity index (χ0) is 19.2. The molecule has 144 valence electrons. The van der Waals surface area contributed by atoms with Crippen molar-refractivity contribution in [2.45, 2.75) is 45.7 Å². The zero-order valence-electron chi connectivity index (χ0n) is 16.3. The largest absolute Gasteiger partial charge is 0.496 e. The molecule has 0 aliphatic rings. The molecule has 3 aromatic rings. The lowest BCUT2D eigenvalue weighted by Gasteiger charge is -2.19. The maximum atomic E-state index is 9.38. The number of aromatic nitrogens is 3. The molecular formula is C21H28N4O2. The van der Waals surface area contributed by atoms with Crippen molar-refractivity contribution in [1.82, 2.24) is 14.5 Å². The van der Waals surface area contributed by atoms with Gasteiger partial charge in [-0.25, -0.2) is 9.97 Å². The Hall–Kier alpha value is -2.60. The number of ether oxygens (including phenoxy) is 1. The minimum Gasteiger partial charge on any atom is -0.496 e. The quantitative estimate of drug-likeness (QED) is 0.602. The van der Waals surface area contributed by atoms with Crippen LogP contribution in [0.2, 0.25) is 0 Å². The molecule has 0 bridgehead atoms. The van der Waals surface area contributed by atoms with E-state index in [1.807, 2.05) is 37.4 Å². The number of anilines is 1. The van der Waals surface area contributed by atoms with Crippen LogP contribution >= 0.6 is 0 Å². The summed E-state index contributed by atoms with van der Waals surface area (Å²) in [6, 6.07) is 10.2. The first-order valence-corrected chi connectivity index (χ1v) is 9.49. The molecule has 0 saturated carbocycles. The normalized spacial score (nSPS) is 12.3. The van der Waals surface area contributed by atoms with Gasteiger partial charge in [0.25, 0.3) is 0 Å². The number of hydrogen-bond acceptors (Lipinski definition) is 5. The third-order valence-corrected chi connectivity index (χ3v) is 4.71. The molecule has 2 aromatic heterocycles. The molecular weight excluding hydrogens is 340 g/mol. The number of aliphatic hydroxyl groups is 1. The van der Waals surface area contributed by atoms with Gasteiger partial charge in [0.1, 0.15) is 17.1 Å². The summed E-state index contributed by atoms with van der Waals surface area (Å²) < 4.78 is 7.65. The first-order valence-electron chi connectivity index (χ1n) is 9.49. The van der Waals surface area contributed by atoms with Crippen LogP contribution in [0.4, 0.5) is 5.82 Å². The fourth-order valence-corrected chi connectivity index (χ4v) is 3.46. The average molecular weight is 368 g/mol. The van der Waals surface area contributed by atoms with Gasteiger partial charge in [0.2, 0.25) is 0 Å². The van der Waals surface area contributed by atoms with Gasteiger partial charge in [0, 0.05) is 24.4 Å². The summed E-state index contributed by atoms with van der Waals surface area (Å²) in [5.41, 5.74) is 2.99. The predicted octanol–water partition coefficient (Wildman–Crippen LogP) is 3.76. The van der Waals surface area contributed by atoms with E-state index < -0.39 is 0 Å². The van der Waals surface area contributed by atoms with Gasteiger partial charge in [-0.05, 0) is 31.9 Å². The Morgan fingerprint density at radius 1 is 1.19 bits per heavy atom. The minimum absolute atomic E-state index is 0.160. The molecule has 0 aliphatic carbocycles. The van der Waals surface area contributed by atoms with Crippen LogP contribution in [-0.2, 0) is 6.54 Å². The molecule has 1 atom stereocenters. The van der Waals surface area contributed by atoms with E-state index >= 15 is 0 Å². The molecule has 3 rings (SSSR count). The van der Waals surface area contributed by atoms with Crippen molar-refractivity contribution in [3.63, 3.8) is 0 Å². The number of nitrogens with one attached hydrogen (secondary N) is 1. The molecule has 0 radical (unpaired) electrons. The number of aryl methyl sites for hydroxylation is 1. The highest BCUT2D eigenvalue weighted by molar-refractivity contribution is 5.86. The van der Waals surface area contributed by atoms with Crippen LogP contribution in [-0.4, -0.2) is 39.4 Å². The van der Waals surface area contributed by atoms with Gasteiger partial charge in [0.05, 0.1) is 19.2 Å². The number of benzene rings is 1. The van der Waals surface area contributed by atoms with E-state index in [9.17, 15) is 5.11 Å². The molecule has 6 nitrogen and oxygen atoms in total. The topological polar surface area (TPSA) is 72.2 Å². The van der Waals surface area contributed by atoms with Crippen LogP contribution in [0.15, 0.2) is 36.5 Å². The molecule has 0 aliphatic heterocycles. The second-order valence-electron chi connectivity index (χ2n) is 6.75. The van der Waals surface area contributed by atoms with Crippen LogP contribution in [0.25, 0.3) is 11.0 Å². The summed E-state index contributed by atoms with van der Waals surface area (Å²) in [6.45, 7) is 4.89. The highest BCUT2D eigenvalue weighted by atomic mass is 16.5. The van der Waals surface area contributed by atoms with Gasteiger partial charge in [-0.15, -0.1) is 0 Å². The van der Waals surface area contributed by atoms with E-state index in [-0.39, 0.29) is 12.6 Å². The van der Waals surface area contributed by atoms with Gasteiger partial charge < -0.3 is 19.7 Å². The second-order valence-corrected chi connectivity index (χ2v) is 6.75. The Morgan fingerprint density at radius 2 is 2.00 bits per heavy atom. The van der Waals surface area contributed by atoms with Crippen molar-refractivity contribution in [3.05, 3.63) is 47.9 Å². The molecule has 0 amide bonds. The van der Waals surface area contributed by atoms with Crippen molar-refractivity contribution in [2.24, 2.45) is 0 Å². The third-order valence-electron chi connectivity index (χ3n) is 4.71. The van der Waals surface area contributed by atoms with Crippen molar-refractivity contribution in [2.75, 3.05) is 19.0 Å².